The molecule has 0 aliphatic heterocycles. The summed E-state index contributed by atoms with van der Waals surface area (Å²) in [6, 6.07) is 16.6. The van der Waals surface area contributed by atoms with Gasteiger partial charge in [0.05, 0.1) is 11.4 Å². The lowest BCUT2D eigenvalue weighted by Crippen LogP contribution is -1.90. The van der Waals surface area contributed by atoms with Crippen LogP contribution in [0.25, 0.3) is 0 Å². The van der Waals surface area contributed by atoms with Crippen LogP contribution in [-0.2, 0) is 0 Å². The summed E-state index contributed by atoms with van der Waals surface area (Å²) in [6.45, 7) is 18.3. The Balaban J connectivity index is 2.07. The summed E-state index contributed by atoms with van der Waals surface area (Å²) in [5, 5.41) is 0. The molecule has 0 N–H and O–H groups in total. The Hall–Kier alpha value is -4.96. The van der Waals surface area contributed by atoms with Gasteiger partial charge in [-0.15, -0.1) is 0 Å². The van der Waals surface area contributed by atoms with Crippen molar-refractivity contribution in [2.45, 2.75) is 73.6 Å². The van der Waals surface area contributed by atoms with Crippen LogP contribution in [0.4, 0.5) is 11.4 Å². The lowest BCUT2D eigenvalue weighted by Gasteiger charge is -2.08. The van der Waals surface area contributed by atoms with Crippen LogP contribution in [0, 0.1) is 0 Å². The van der Waals surface area contributed by atoms with Gasteiger partial charge in [0.2, 0.25) is 0 Å². The van der Waals surface area contributed by atoms with Gasteiger partial charge >= 0.3 is 0 Å². The standard InChI is InChI=1S/C45H56N4/c1-9-18-38(40(20-11-3)28-34-48-44-24-15-13-22-42(44)36(5)6)26-32-46-30-17-31-47-33-27-39(19-10-2)41(21-12-4)29-35-49-45-25-16-14-23-43(45)37(7)8/h9-16,18-29,32-37H,17,30-31H2,1-8H3/b18-9-,19-10-,20-11-,21-12-,38-26+,39-27+,40-28-,41-29+,46-32?,47-33?,48-34?,49-35?. The van der Waals surface area contributed by atoms with Gasteiger partial charge in [-0.05, 0) is 116 Å². The zero-order chi connectivity index (χ0) is 35.7. The minimum Gasteiger partial charge on any atom is -0.293 e. The molecule has 0 bridgehead atoms. The molecule has 0 fully saturated rings. The van der Waals surface area contributed by atoms with Crippen molar-refractivity contribution in [1.82, 2.24) is 0 Å². The average Bonchev–Trinajstić information content (AvgIpc) is 3.09. The van der Waals surface area contributed by atoms with E-state index in [1.807, 2.05) is 89.0 Å². The number of para-hydroxylation sites is 2. The van der Waals surface area contributed by atoms with Crippen molar-refractivity contribution in [3.63, 3.8) is 0 Å². The van der Waals surface area contributed by atoms with Crippen molar-refractivity contribution in [2.24, 2.45) is 20.0 Å². The van der Waals surface area contributed by atoms with Gasteiger partial charge < -0.3 is 0 Å². The number of aliphatic imine (C=N–C) groups is 4. The van der Waals surface area contributed by atoms with E-state index in [2.05, 4.69) is 123 Å². The van der Waals surface area contributed by atoms with Gasteiger partial charge in [0, 0.05) is 37.9 Å². The fraction of sp³-hybridized carbons (Fsp3) is 0.289. The third-order valence-electron chi connectivity index (χ3n) is 7.40. The Bertz CT molecular complexity index is 1540. The molecular formula is C45H56N4. The summed E-state index contributed by atoms with van der Waals surface area (Å²) >= 11 is 0. The first kappa shape index (κ1) is 40.2. The monoisotopic (exact) mass is 652 g/mol. The number of allylic oxidation sites excluding steroid dienone is 16. The third-order valence-corrected chi connectivity index (χ3v) is 7.40. The van der Waals surface area contributed by atoms with Gasteiger partial charge in [-0.1, -0.05) is 113 Å². The van der Waals surface area contributed by atoms with Gasteiger partial charge in [0.15, 0.2) is 0 Å². The quantitative estimate of drug-likeness (QED) is 0.0874. The summed E-state index contributed by atoms with van der Waals surface area (Å²) in [5.41, 5.74) is 8.80. The molecule has 2 rings (SSSR count). The minimum absolute atomic E-state index is 0.419. The topological polar surface area (TPSA) is 49.4 Å². The Kier molecular flexibility index (Phi) is 19.9. The van der Waals surface area contributed by atoms with E-state index < -0.39 is 0 Å². The highest BCUT2D eigenvalue weighted by Crippen LogP contribution is 2.27. The molecule has 0 radical (unpaired) electrons. The molecule has 256 valence electrons. The van der Waals surface area contributed by atoms with Crippen molar-refractivity contribution in [3.05, 3.63) is 155 Å². The highest BCUT2D eigenvalue weighted by Gasteiger charge is 2.05. The molecular weight excluding hydrogens is 597 g/mol. The number of hydrogen-bond donors (Lipinski definition) is 0. The van der Waals surface area contributed by atoms with Gasteiger partial charge in [0.1, 0.15) is 0 Å². The molecule has 0 aliphatic rings. The second-order valence-corrected chi connectivity index (χ2v) is 11.9. The first-order valence-electron chi connectivity index (χ1n) is 17.4. The van der Waals surface area contributed by atoms with Crippen LogP contribution in [0.2, 0.25) is 0 Å². The lowest BCUT2D eigenvalue weighted by atomic mass is 10.0. The SMILES string of the molecule is C\C=C/C(=C/C=Nc1ccccc1C(C)C)C(/C=C\C)=C/C=NCCCN=C/C=C(\C=C/C)C(/C=C\C)=C/C=Nc1ccccc1C(C)C. The number of nitrogens with zero attached hydrogens (tertiary/aromatic N) is 4. The molecule has 2 aromatic carbocycles. The highest BCUT2D eigenvalue weighted by molar-refractivity contribution is 5.82. The molecule has 0 heterocycles. The maximum Gasteiger partial charge on any atom is 0.0664 e. The van der Waals surface area contributed by atoms with Crippen molar-refractivity contribution in [3.8, 4) is 0 Å². The maximum atomic E-state index is 4.76. The average molecular weight is 653 g/mol. The van der Waals surface area contributed by atoms with E-state index in [-0.39, 0.29) is 0 Å². The Morgan fingerprint density at radius 2 is 0.816 bits per heavy atom. The maximum absolute atomic E-state index is 4.76. The second-order valence-electron chi connectivity index (χ2n) is 11.9. The smallest absolute Gasteiger partial charge is 0.0664 e. The Labute approximate surface area is 297 Å². The van der Waals surface area contributed by atoms with Gasteiger partial charge in [-0.2, -0.15) is 0 Å². The summed E-state index contributed by atoms with van der Waals surface area (Å²) in [6.07, 6.45) is 33.2. The van der Waals surface area contributed by atoms with Crippen molar-refractivity contribution < 1.29 is 0 Å². The lowest BCUT2D eigenvalue weighted by molar-refractivity contribution is 0.851. The largest absolute Gasteiger partial charge is 0.293 e. The normalized spacial score (nSPS) is 14.6. The molecule has 2 aromatic rings. The van der Waals surface area contributed by atoms with Crippen LogP contribution in [0.15, 0.2) is 164 Å². The van der Waals surface area contributed by atoms with Gasteiger partial charge in [-0.25, -0.2) is 0 Å². The molecule has 0 amide bonds. The molecule has 0 aliphatic carbocycles. The van der Waals surface area contributed by atoms with Crippen LogP contribution in [0.1, 0.15) is 84.8 Å². The van der Waals surface area contributed by atoms with Gasteiger partial charge in [-0.3, -0.25) is 20.0 Å². The first-order valence-corrected chi connectivity index (χ1v) is 17.4. The fourth-order valence-corrected chi connectivity index (χ4v) is 4.96. The molecule has 0 atom stereocenters. The van der Waals surface area contributed by atoms with E-state index in [1.54, 1.807) is 0 Å². The van der Waals surface area contributed by atoms with Crippen molar-refractivity contribution in [1.29, 1.82) is 0 Å². The van der Waals surface area contributed by atoms with E-state index in [9.17, 15) is 0 Å². The van der Waals surface area contributed by atoms with E-state index in [4.69, 9.17) is 9.98 Å². The van der Waals surface area contributed by atoms with Crippen LogP contribution in [-0.4, -0.2) is 37.9 Å². The van der Waals surface area contributed by atoms with E-state index in [0.717, 1.165) is 40.1 Å². The molecule has 0 aromatic heterocycles. The molecule has 4 nitrogen and oxygen atoms in total. The van der Waals surface area contributed by atoms with Crippen LogP contribution in [0.3, 0.4) is 0 Å². The molecule has 0 spiro atoms. The Morgan fingerprint density at radius 3 is 1.14 bits per heavy atom. The van der Waals surface area contributed by atoms with Crippen molar-refractivity contribution >= 4 is 36.2 Å². The highest BCUT2D eigenvalue weighted by atomic mass is 14.7. The minimum atomic E-state index is 0.419. The summed E-state index contributed by atoms with van der Waals surface area (Å²) in [7, 11) is 0. The fourth-order valence-electron chi connectivity index (χ4n) is 4.96. The van der Waals surface area contributed by atoms with Crippen molar-refractivity contribution in [2.75, 3.05) is 13.1 Å². The molecule has 0 saturated heterocycles. The molecule has 4 heteroatoms. The summed E-state index contributed by atoms with van der Waals surface area (Å²) < 4.78 is 0. The molecule has 0 saturated carbocycles. The zero-order valence-electron chi connectivity index (χ0n) is 30.9. The number of hydrogen-bond acceptors (Lipinski definition) is 4. The Morgan fingerprint density at radius 1 is 0.490 bits per heavy atom. The summed E-state index contributed by atoms with van der Waals surface area (Å²) in [4.78, 5) is 18.8. The molecule has 0 unspecified atom stereocenters. The zero-order valence-corrected chi connectivity index (χ0v) is 30.9. The van der Waals surface area contributed by atoms with E-state index in [1.165, 1.54) is 11.1 Å². The third kappa shape index (κ3) is 15.2. The number of benzene rings is 2. The predicted molar refractivity (Wildman–Crippen MR) is 220 cm³/mol. The number of rotatable bonds is 18. The van der Waals surface area contributed by atoms with E-state index in [0.29, 0.717) is 24.9 Å². The predicted octanol–water partition coefficient (Wildman–Crippen LogP) is 12.6. The van der Waals surface area contributed by atoms with E-state index >= 15 is 0 Å². The summed E-state index contributed by atoms with van der Waals surface area (Å²) in [5.74, 6) is 0.838. The van der Waals surface area contributed by atoms with Crippen LogP contribution in [0.5, 0.6) is 0 Å². The second kappa shape index (κ2) is 24.2. The first-order chi connectivity index (χ1) is 23.9. The molecule has 49 heavy (non-hydrogen) atoms. The van der Waals surface area contributed by atoms with Crippen LogP contribution < -0.4 is 0 Å². The van der Waals surface area contributed by atoms with Gasteiger partial charge in [0.25, 0.3) is 0 Å². The van der Waals surface area contributed by atoms with Crippen LogP contribution >= 0.6 is 0 Å².